The quantitative estimate of drug-likeness (QED) is 0.652. The molecule has 0 aromatic heterocycles. The number of unbranched alkanes of at least 4 members (excludes halogenated alkanes) is 2. The van der Waals surface area contributed by atoms with Crippen LogP contribution in [0.5, 0.6) is 0 Å². The first-order chi connectivity index (χ1) is 7.66. The van der Waals surface area contributed by atoms with Gasteiger partial charge >= 0.3 is 0 Å². The Balaban J connectivity index is 2.12. The van der Waals surface area contributed by atoms with Crippen molar-refractivity contribution in [2.24, 2.45) is 0 Å². The third kappa shape index (κ3) is 5.31. The molecule has 0 aromatic carbocycles. The van der Waals surface area contributed by atoms with E-state index in [-0.39, 0.29) is 0 Å². The van der Waals surface area contributed by atoms with Crippen LogP contribution in [0.2, 0.25) is 0 Å². The Morgan fingerprint density at radius 3 is 2.75 bits per heavy atom. The first-order valence-electron chi connectivity index (χ1n) is 7.15. The highest BCUT2D eigenvalue weighted by atomic mass is 15.0. The van der Waals surface area contributed by atoms with Crippen molar-refractivity contribution in [2.75, 3.05) is 13.1 Å². The van der Waals surface area contributed by atoms with E-state index in [0.29, 0.717) is 11.6 Å². The minimum atomic E-state index is 0.345. The second kappa shape index (κ2) is 7.29. The molecule has 2 nitrogen and oxygen atoms in total. The highest BCUT2D eigenvalue weighted by Crippen LogP contribution is 2.18. The summed E-state index contributed by atoms with van der Waals surface area (Å²) in [4.78, 5) is 0. The van der Waals surface area contributed by atoms with Crippen molar-refractivity contribution in [3.8, 4) is 0 Å². The Morgan fingerprint density at radius 2 is 2.12 bits per heavy atom. The molecular formula is C14H30N2. The van der Waals surface area contributed by atoms with Crippen molar-refractivity contribution in [1.29, 1.82) is 0 Å². The van der Waals surface area contributed by atoms with Crippen LogP contribution in [-0.4, -0.2) is 24.7 Å². The van der Waals surface area contributed by atoms with Crippen LogP contribution >= 0.6 is 0 Å². The van der Waals surface area contributed by atoms with Gasteiger partial charge in [0.25, 0.3) is 0 Å². The maximum atomic E-state index is 3.69. The number of hydrogen-bond acceptors (Lipinski definition) is 2. The molecule has 0 amide bonds. The van der Waals surface area contributed by atoms with Crippen molar-refractivity contribution in [1.82, 2.24) is 10.6 Å². The molecule has 1 heterocycles. The monoisotopic (exact) mass is 226 g/mol. The van der Waals surface area contributed by atoms with Crippen LogP contribution < -0.4 is 10.6 Å². The molecule has 0 aliphatic carbocycles. The minimum Gasteiger partial charge on any atom is -0.312 e. The topological polar surface area (TPSA) is 24.1 Å². The molecule has 0 saturated carbocycles. The SMILES string of the molecule is CCCCCC(C)NCC1(C)CCCCN1. The lowest BCUT2D eigenvalue weighted by Crippen LogP contribution is -2.53. The molecule has 16 heavy (non-hydrogen) atoms. The molecule has 0 spiro atoms. The van der Waals surface area contributed by atoms with E-state index < -0.39 is 0 Å². The molecule has 1 saturated heterocycles. The summed E-state index contributed by atoms with van der Waals surface area (Å²) in [7, 11) is 0. The Labute approximate surface area is 102 Å². The molecule has 2 heteroatoms. The Kier molecular flexibility index (Phi) is 6.37. The van der Waals surface area contributed by atoms with Gasteiger partial charge < -0.3 is 10.6 Å². The molecule has 1 rings (SSSR count). The summed E-state index contributed by atoms with van der Waals surface area (Å²) >= 11 is 0. The van der Waals surface area contributed by atoms with Gasteiger partial charge in [-0.1, -0.05) is 32.6 Å². The van der Waals surface area contributed by atoms with Gasteiger partial charge in [-0.3, -0.25) is 0 Å². The van der Waals surface area contributed by atoms with E-state index in [1.54, 1.807) is 0 Å². The van der Waals surface area contributed by atoms with Gasteiger partial charge in [0.1, 0.15) is 0 Å². The molecule has 96 valence electrons. The fraction of sp³-hybridized carbons (Fsp3) is 1.00. The smallest absolute Gasteiger partial charge is 0.0278 e. The van der Waals surface area contributed by atoms with E-state index in [2.05, 4.69) is 31.4 Å². The highest BCUT2D eigenvalue weighted by molar-refractivity contribution is 4.89. The largest absolute Gasteiger partial charge is 0.312 e. The average Bonchev–Trinajstić information content (AvgIpc) is 2.28. The zero-order valence-electron chi connectivity index (χ0n) is 11.4. The summed E-state index contributed by atoms with van der Waals surface area (Å²) in [6.45, 7) is 9.27. The van der Waals surface area contributed by atoms with Crippen molar-refractivity contribution < 1.29 is 0 Å². The van der Waals surface area contributed by atoms with Crippen LogP contribution in [-0.2, 0) is 0 Å². The van der Waals surface area contributed by atoms with Gasteiger partial charge in [-0.15, -0.1) is 0 Å². The van der Waals surface area contributed by atoms with E-state index >= 15 is 0 Å². The molecule has 2 unspecified atom stereocenters. The predicted octanol–water partition coefficient (Wildman–Crippen LogP) is 3.08. The van der Waals surface area contributed by atoms with Gasteiger partial charge in [0.15, 0.2) is 0 Å². The highest BCUT2D eigenvalue weighted by Gasteiger charge is 2.25. The molecule has 2 N–H and O–H groups in total. The summed E-state index contributed by atoms with van der Waals surface area (Å²) in [5.74, 6) is 0. The molecule has 0 radical (unpaired) electrons. The first-order valence-corrected chi connectivity index (χ1v) is 7.15. The van der Waals surface area contributed by atoms with Gasteiger partial charge in [-0.25, -0.2) is 0 Å². The summed E-state index contributed by atoms with van der Waals surface area (Å²) in [5.41, 5.74) is 0.345. The lowest BCUT2D eigenvalue weighted by Gasteiger charge is -2.36. The van der Waals surface area contributed by atoms with Gasteiger partial charge in [-0.2, -0.15) is 0 Å². The third-order valence-electron chi connectivity index (χ3n) is 3.79. The Morgan fingerprint density at radius 1 is 1.31 bits per heavy atom. The van der Waals surface area contributed by atoms with Crippen molar-refractivity contribution >= 4 is 0 Å². The summed E-state index contributed by atoms with van der Waals surface area (Å²) < 4.78 is 0. The summed E-state index contributed by atoms with van der Waals surface area (Å²) in [6.07, 6.45) is 9.45. The normalized spacial score (nSPS) is 27.9. The number of hydrogen-bond donors (Lipinski definition) is 2. The molecular weight excluding hydrogens is 196 g/mol. The van der Waals surface area contributed by atoms with Crippen LogP contribution in [0.15, 0.2) is 0 Å². The molecule has 1 aliphatic heterocycles. The molecule has 0 aromatic rings. The lowest BCUT2D eigenvalue weighted by atomic mass is 9.90. The van der Waals surface area contributed by atoms with E-state index in [1.165, 1.54) is 51.5 Å². The van der Waals surface area contributed by atoms with Crippen molar-refractivity contribution in [3.63, 3.8) is 0 Å². The zero-order chi connectivity index (χ0) is 11.9. The van der Waals surface area contributed by atoms with E-state index in [0.717, 1.165) is 6.54 Å². The maximum Gasteiger partial charge on any atom is 0.0278 e. The maximum absolute atomic E-state index is 3.69. The van der Waals surface area contributed by atoms with Crippen LogP contribution in [0.25, 0.3) is 0 Å². The molecule has 2 atom stereocenters. The van der Waals surface area contributed by atoms with Crippen LogP contribution in [0.3, 0.4) is 0 Å². The number of piperidine rings is 1. The van der Waals surface area contributed by atoms with Gasteiger partial charge in [0.2, 0.25) is 0 Å². The number of rotatable bonds is 7. The first kappa shape index (κ1) is 14.0. The fourth-order valence-corrected chi connectivity index (χ4v) is 2.47. The molecule has 1 fully saturated rings. The fourth-order valence-electron chi connectivity index (χ4n) is 2.47. The minimum absolute atomic E-state index is 0.345. The molecule has 1 aliphatic rings. The van der Waals surface area contributed by atoms with E-state index in [9.17, 15) is 0 Å². The second-order valence-electron chi connectivity index (χ2n) is 5.72. The van der Waals surface area contributed by atoms with Crippen molar-refractivity contribution in [2.45, 2.75) is 77.3 Å². The summed E-state index contributed by atoms with van der Waals surface area (Å²) in [6, 6.07) is 0.673. The van der Waals surface area contributed by atoms with E-state index in [4.69, 9.17) is 0 Å². The van der Waals surface area contributed by atoms with E-state index in [1.807, 2.05) is 0 Å². The van der Waals surface area contributed by atoms with Crippen LogP contribution in [0.4, 0.5) is 0 Å². The Hall–Kier alpha value is -0.0800. The average molecular weight is 226 g/mol. The standard InChI is InChI=1S/C14H30N2/c1-4-5-6-9-13(2)15-12-14(3)10-7-8-11-16-14/h13,15-16H,4-12H2,1-3H3. The van der Waals surface area contributed by atoms with Gasteiger partial charge in [0.05, 0.1) is 0 Å². The van der Waals surface area contributed by atoms with Crippen molar-refractivity contribution in [3.05, 3.63) is 0 Å². The predicted molar refractivity (Wildman–Crippen MR) is 71.9 cm³/mol. The summed E-state index contributed by atoms with van der Waals surface area (Å²) in [5, 5.41) is 7.34. The number of nitrogens with one attached hydrogen (secondary N) is 2. The van der Waals surface area contributed by atoms with Crippen LogP contribution in [0, 0.1) is 0 Å². The van der Waals surface area contributed by atoms with Crippen LogP contribution in [0.1, 0.15) is 65.7 Å². The third-order valence-corrected chi connectivity index (χ3v) is 3.79. The Bertz CT molecular complexity index is 174. The second-order valence-corrected chi connectivity index (χ2v) is 5.72. The van der Waals surface area contributed by atoms with Gasteiger partial charge in [0, 0.05) is 18.1 Å². The lowest BCUT2D eigenvalue weighted by molar-refractivity contribution is 0.257. The molecule has 0 bridgehead atoms. The van der Waals surface area contributed by atoms with Gasteiger partial charge in [-0.05, 0) is 39.7 Å². The zero-order valence-corrected chi connectivity index (χ0v) is 11.4.